The fourth-order valence-electron chi connectivity index (χ4n) is 0.428. The summed E-state index contributed by atoms with van der Waals surface area (Å²) in [7, 11) is -4.98. The summed E-state index contributed by atoms with van der Waals surface area (Å²) in [6.07, 6.45) is -10.8. The first kappa shape index (κ1) is 13.5. The van der Waals surface area contributed by atoms with Gasteiger partial charge in [0.05, 0.1) is 6.26 Å². The fraction of sp³-hybridized carbons (Fsp3) is 1.00. The summed E-state index contributed by atoms with van der Waals surface area (Å²) in [6.45, 7) is 0. The third kappa shape index (κ3) is 3.01. The third-order valence-corrected chi connectivity index (χ3v) is 1.49. The Morgan fingerprint density at radius 1 is 1.14 bits per heavy atom. The predicted molar refractivity (Wildman–Crippen MR) is 31.8 cm³/mol. The lowest BCUT2D eigenvalue weighted by molar-refractivity contribution is -0.339. The van der Waals surface area contributed by atoms with E-state index in [-0.39, 0.29) is 6.26 Å². The van der Waals surface area contributed by atoms with E-state index in [1.165, 1.54) is 0 Å². The second kappa shape index (κ2) is 3.57. The van der Waals surface area contributed by atoms with Crippen LogP contribution in [0.4, 0.5) is 26.3 Å². The van der Waals surface area contributed by atoms with Gasteiger partial charge in [-0.3, -0.25) is 0 Å². The van der Waals surface area contributed by atoms with Crippen LogP contribution in [0.3, 0.4) is 0 Å². The monoisotopic (exact) mass is 246 g/mol. The summed E-state index contributed by atoms with van der Waals surface area (Å²) in [5.41, 5.74) is 0. The molecule has 0 aliphatic carbocycles. The van der Waals surface area contributed by atoms with Crippen molar-refractivity contribution in [3.8, 4) is 0 Å². The molecule has 86 valence electrons. The maximum atomic E-state index is 12.4. The van der Waals surface area contributed by atoms with Crippen LogP contribution in [0.2, 0.25) is 0 Å². The van der Waals surface area contributed by atoms with Crippen LogP contribution >= 0.6 is 0 Å². The van der Waals surface area contributed by atoms with Crippen molar-refractivity contribution in [3.63, 3.8) is 0 Å². The Morgan fingerprint density at radius 3 is 1.57 bits per heavy atom. The van der Waals surface area contributed by atoms with Gasteiger partial charge in [0.25, 0.3) is 10.1 Å². The zero-order valence-corrected chi connectivity index (χ0v) is 7.29. The highest BCUT2D eigenvalue weighted by atomic mass is 32.2. The topological polar surface area (TPSA) is 43.4 Å². The van der Waals surface area contributed by atoms with Crippen LogP contribution in [0.15, 0.2) is 0 Å². The van der Waals surface area contributed by atoms with Gasteiger partial charge in [0.1, 0.15) is 0 Å². The van der Waals surface area contributed by atoms with E-state index in [0.717, 1.165) is 0 Å². The van der Waals surface area contributed by atoms with E-state index in [0.29, 0.717) is 0 Å². The summed E-state index contributed by atoms with van der Waals surface area (Å²) in [4.78, 5) is 0. The van der Waals surface area contributed by atoms with Crippen LogP contribution in [0, 0.1) is 0 Å². The number of alkyl halides is 6. The molecule has 0 bridgehead atoms. The van der Waals surface area contributed by atoms with Crippen molar-refractivity contribution < 1.29 is 38.9 Å². The molecule has 0 aromatic heterocycles. The van der Waals surface area contributed by atoms with Gasteiger partial charge >= 0.3 is 18.5 Å². The van der Waals surface area contributed by atoms with E-state index in [1.807, 2.05) is 0 Å². The zero-order chi connectivity index (χ0) is 11.8. The standard InChI is InChI=1S/C4H4F6O3S/c1-14(11,12)13-3(7,2(5)6)4(8,9)10/h2H,1H3. The first-order chi connectivity index (χ1) is 5.90. The van der Waals surface area contributed by atoms with E-state index in [1.54, 1.807) is 0 Å². The third-order valence-electron chi connectivity index (χ3n) is 0.940. The van der Waals surface area contributed by atoms with Crippen molar-refractivity contribution in [2.45, 2.75) is 18.5 Å². The maximum absolute atomic E-state index is 12.4. The Morgan fingerprint density at radius 2 is 1.50 bits per heavy atom. The van der Waals surface area contributed by atoms with Gasteiger partial charge in [-0.2, -0.15) is 26.0 Å². The van der Waals surface area contributed by atoms with Gasteiger partial charge < -0.3 is 0 Å². The molecule has 0 rings (SSSR count). The predicted octanol–water partition coefficient (Wildman–Crippen LogP) is 1.46. The lowest BCUT2D eigenvalue weighted by Crippen LogP contribution is -2.50. The van der Waals surface area contributed by atoms with Gasteiger partial charge in [0.2, 0.25) is 0 Å². The smallest absolute Gasteiger partial charge is 0.215 e. The molecule has 0 aliphatic rings. The van der Waals surface area contributed by atoms with Crippen molar-refractivity contribution >= 4 is 10.1 Å². The van der Waals surface area contributed by atoms with Gasteiger partial charge in [-0.05, 0) is 0 Å². The molecule has 0 radical (unpaired) electrons. The fourth-order valence-corrected chi connectivity index (χ4v) is 1.04. The average Bonchev–Trinajstić information content (AvgIpc) is 1.79. The second-order valence-corrected chi connectivity index (χ2v) is 3.81. The highest BCUT2D eigenvalue weighted by Crippen LogP contribution is 2.40. The Bertz CT molecular complexity index is 295. The number of rotatable bonds is 3. The molecule has 0 aromatic rings. The highest BCUT2D eigenvalue weighted by Gasteiger charge is 2.66. The molecule has 0 saturated heterocycles. The quantitative estimate of drug-likeness (QED) is 0.559. The summed E-state index contributed by atoms with van der Waals surface area (Å²) in [5.74, 6) is -5.50. The largest absolute Gasteiger partial charge is 0.455 e. The van der Waals surface area contributed by atoms with Gasteiger partial charge in [-0.25, -0.2) is 13.0 Å². The minimum Gasteiger partial charge on any atom is -0.215 e. The Labute approximate surface area is 74.8 Å². The normalized spacial score (nSPS) is 18.3. The molecule has 0 spiro atoms. The van der Waals surface area contributed by atoms with Crippen LogP contribution in [0.1, 0.15) is 0 Å². The first-order valence-electron chi connectivity index (χ1n) is 2.84. The minimum atomic E-state index is -6.13. The van der Waals surface area contributed by atoms with Crippen LogP contribution in [0.5, 0.6) is 0 Å². The number of halogens is 6. The summed E-state index contributed by atoms with van der Waals surface area (Å²) >= 11 is 0. The van der Waals surface area contributed by atoms with E-state index in [2.05, 4.69) is 4.18 Å². The number of hydrogen-bond acceptors (Lipinski definition) is 3. The van der Waals surface area contributed by atoms with Crippen molar-refractivity contribution in [2.24, 2.45) is 0 Å². The van der Waals surface area contributed by atoms with E-state index in [9.17, 15) is 34.8 Å². The van der Waals surface area contributed by atoms with Crippen LogP contribution in [-0.4, -0.2) is 33.1 Å². The molecule has 0 saturated carbocycles. The second-order valence-electron chi connectivity index (χ2n) is 2.23. The molecule has 0 aromatic carbocycles. The van der Waals surface area contributed by atoms with Gasteiger partial charge in [-0.15, -0.1) is 0 Å². The van der Waals surface area contributed by atoms with Gasteiger partial charge in [0, 0.05) is 0 Å². The van der Waals surface area contributed by atoms with E-state index < -0.39 is 28.6 Å². The summed E-state index contributed by atoms with van der Waals surface area (Å²) in [5, 5.41) is 0. The Hall–Kier alpha value is -0.510. The molecule has 1 atom stereocenters. The number of hydrogen-bond donors (Lipinski definition) is 0. The maximum Gasteiger partial charge on any atom is 0.455 e. The van der Waals surface area contributed by atoms with Crippen molar-refractivity contribution in [3.05, 3.63) is 0 Å². The first-order valence-corrected chi connectivity index (χ1v) is 4.66. The zero-order valence-electron chi connectivity index (χ0n) is 6.48. The molecule has 0 aliphatic heterocycles. The molecule has 0 fully saturated rings. The molecule has 1 unspecified atom stereocenters. The van der Waals surface area contributed by atoms with Crippen molar-refractivity contribution in [1.82, 2.24) is 0 Å². The van der Waals surface area contributed by atoms with Crippen molar-refractivity contribution in [1.29, 1.82) is 0 Å². The molecule has 0 N–H and O–H groups in total. The summed E-state index contributed by atoms with van der Waals surface area (Å²) < 4.78 is 93.5. The van der Waals surface area contributed by atoms with E-state index in [4.69, 9.17) is 0 Å². The minimum absolute atomic E-state index is 0.0233. The average molecular weight is 246 g/mol. The Balaban J connectivity index is 5.14. The van der Waals surface area contributed by atoms with Crippen LogP contribution in [0.25, 0.3) is 0 Å². The SMILES string of the molecule is CS(=O)(=O)OC(F)(C(F)F)C(F)(F)F. The van der Waals surface area contributed by atoms with Gasteiger partial charge in [-0.1, -0.05) is 0 Å². The van der Waals surface area contributed by atoms with E-state index >= 15 is 0 Å². The molecular weight excluding hydrogens is 242 g/mol. The lowest BCUT2D eigenvalue weighted by atomic mass is 10.3. The van der Waals surface area contributed by atoms with Gasteiger partial charge in [0.15, 0.2) is 0 Å². The molecule has 10 heteroatoms. The van der Waals surface area contributed by atoms with Crippen molar-refractivity contribution in [2.75, 3.05) is 6.26 Å². The molecule has 0 amide bonds. The van der Waals surface area contributed by atoms with Crippen LogP contribution in [-0.2, 0) is 14.3 Å². The molecule has 0 heterocycles. The molecular formula is C4H4F6O3S. The molecule has 3 nitrogen and oxygen atoms in total. The van der Waals surface area contributed by atoms with Crippen LogP contribution < -0.4 is 0 Å². The summed E-state index contributed by atoms with van der Waals surface area (Å²) in [6, 6.07) is 0. The molecule has 14 heavy (non-hydrogen) atoms. The Kier molecular flexibility index (Phi) is 3.44. The highest BCUT2D eigenvalue weighted by molar-refractivity contribution is 7.86. The lowest BCUT2D eigenvalue weighted by Gasteiger charge is -2.25.